The molecule has 18 nitrogen and oxygen atoms in total. The first kappa shape index (κ1) is 51.7. The van der Waals surface area contributed by atoms with E-state index in [1.54, 1.807) is 51.1 Å². The van der Waals surface area contributed by atoms with Crippen molar-refractivity contribution in [2.45, 2.75) is 141 Å². The molecule has 0 saturated carbocycles. The summed E-state index contributed by atoms with van der Waals surface area (Å²) < 4.78 is 61.2. The minimum absolute atomic E-state index is 0.132. The highest BCUT2D eigenvalue weighted by Gasteiger charge is 2.31. The highest BCUT2D eigenvalue weighted by Crippen LogP contribution is 2.40. The minimum Gasteiger partial charge on any atom is -0.382 e. The Morgan fingerprint density at radius 2 is 1.02 bits per heavy atom. The average molecular weight is 947 g/mol. The normalized spacial score (nSPS) is 14.2. The van der Waals surface area contributed by atoms with Gasteiger partial charge in [-0.15, -0.1) is 10.2 Å². The number of unbranched alkanes of at least 4 members (excludes halogenated alkanes) is 4. The van der Waals surface area contributed by atoms with Gasteiger partial charge in [-0.25, -0.2) is 21.8 Å². The first-order chi connectivity index (χ1) is 31.2. The molecule has 66 heavy (non-hydrogen) atoms. The van der Waals surface area contributed by atoms with Gasteiger partial charge >= 0.3 is 0 Å². The van der Waals surface area contributed by atoms with Gasteiger partial charge in [0.05, 0.1) is 32.6 Å². The number of aliphatic imine (C=N–C) groups is 1. The number of nitrogens with zero attached hydrogens (tertiary/aromatic N) is 11. The predicted molar refractivity (Wildman–Crippen MR) is 264 cm³/mol. The number of azo groups is 2. The van der Waals surface area contributed by atoms with Crippen LogP contribution >= 0.6 is 0 Å². The highest BCUT2D eigenvalue weighted by molar-refractivity contribution is 7.89. The van der Waals surface area contributed by atoms with Gasteiger partial charge in [-0.1, -0.05) is 107 Å². The molecule has 0 amide bonds. The van der Waals surface area contributed by atoms with Crippen LogP contribution in [0.15, 0.2) is 89.8 Å². The molecule has 20 heteroatoms. The molecule has 5 rings (SSSR count). The summed E-state index contributed by atoms with van der Waals surface area (Å²) in [6, 6.07) is 12.9. The number of rotatable bonds is 21. The maximum atomic E-state index is 13.8. The molecule has 1 aliphatic rings. The maximum absolute atomic E-state index is 13.8. The number of anilines is 2. The molecule has 2 aromatic heterocycles. The van der Waals surface area contributed by atoms with Crippen LogP contribution in [-0.2, 0) is 30.9 Å². The number of aromatic nitrogens is 4. The monoisotopic (exact) mass is 947 g/mol. The summed E-state index contributed by atoms with van der Waals surface area (Å²) in [5, 5.41) is 31.2. The Balaban J connectivity index is 1.49. The molecule has 0 fully saturated rings. The number of hydrogen-bond acceptors (Lipinski definition) is 14. The molecule has 0 unspecified atom stereocenters. The van der Waals surface area contributed by atoms with Gasteiger partial charge in [-0.3, -0.25) is 0 Å². The van der Waals surface area contributed by atoms with Crippen molar-refractivity contribution in [1.29, 1.82) is 0 Å². The summed E-state index contributed by atoms with van der Waals surface area (Å²) in [4.78, 5) is 4.98. The Morgan fingerprint density at radius 3 is 1.41 bits per heavy atom. The second kappa shape index (κ2) is 22.0. The summed E-state index contributed by atoms with van der Waals surface area (Å²) in [5.41, 5.74) is 15.1. The number of allylic oxidation sites excluding steroid dienone is 1. The molecular formula is C46H70N14O4S2. The number of hydrogen-bond donors (Lipinski definition) is 3. The second-order valence-corrected chi connectivity index (χ2v) is 22.4. The molecule has 0 spiro atoms. The van der Waals surface area contributed by atoms with Crippen LogP contribution in [0.25, 0.3) is 5.82 Å². The number of benzene rings is 2. The Kier molecular flexibility index (Phi) is 17.2. The van der Waals surface area contributed by atoms with E-state index in [0.29, 0.717) is 72.0 Å². The van der Waals surface area contributed by atoms with Crippen molar-refractivity contribution >= 4 is 66.1 Å². The van der Waals surface area contributed by atoms with Crippen LogP contribution in [0.3, 0.4) is 0 Å². The lowest BCUT2D eigenvalue weighted by atomic mass is 9.91. The fourth-order valence-corrected chi connectivity index (χ4v) is 10.2. The fraction of sp³-hybridized carbons (Fsp3) is 0.543. The summed E-state index contributed by atoms with van der Waals surface area (Å²) in [7, 11) is -7.52. The smallest absolute Gasteiger partial charge is 0.243 e. The van der Waals surface area contributed by atoms with Gasteiger partial charge in [0.25, 0.3) is 0 Å². The van der Waals surface area contributed by atoms with Gasteiger partial charge in [-0.2, -0.15) is 38.4 Å². The summed E-state index contributed by atoms with van der Waals surface area (Å²) in [5.74, 6) is 1.22. The van der Waals surface area contributed by atoms with E-state index in [1.807, 2.05) is 69.2 Å². The molecule has 0 radical (unpaired) electrons. The van der Waals surface area contributed by atoms with Crippen molar-refractivity contribution < 1.29 is 16.8 Å². The highest BCUT2D eigenvalue weighted by atomic mass is 32.2. The summed E-state index contributed by atoms with van der Waals surface area (Å²) in [6.07, 6.45) is 8.32. The van der Waals surface area contributed by atoms with Gasteiger partial charge in [0.15, 0.2) is 28.8 Å². The van der Waals surface area contributed by atoms with Crippen molar-refractivity contribution in [3.8, 4) is 0 Å². The Hall–Kier alpha value is -5.31. The van der Waals surface area contributed by atoms with Gasteiger partial charge in [0.1, 0.15) is 12.5 Å². The molecule has 360 valence electrons. The lowest BCUT2D eigenvalue weighted by Crippen LogP contribution is -2.33. The van der Waals surface area contributed by atoms with Gasteiger partial charge in [0.2, 0.25) is 20.0 Å². The third kappa shape index (κ3) is 12.2. The summed E-state index contributed by atoms with van der Waals surface area (Å²) in [6.45, 7) is 22.0. The minimum atomic E-state index is -3.76. The molecule has 0 saturated heterocycles. The zero-order chi connectivity index (χ0) is 48.5. The molecule has 0 aliphatic carbocycles. The van der Waals surface area contributed by atoms with Crippen LogP contribution in [0.2, 0.25) is 0 Å². The fourth-order valence-electron chi connectivity index (χ4n) is 7.06. The second-order valence-electron chi connectivity index (χ2n) is 18.5. The Morgan fingerprint density at radius 1 is 0.621 bits per heavy atom. The van der Waals surface area contributed by atoms with Crippen molar-refractivity contribution in [1.82, 2.24) is 33.5 Å². The van der Waals surface area contributed by atoms with Gasteiger partial charge < -0.3 is 16.8 Å². The van der Waals surface area contributed by atoms with Gasteiger partial charge in [0, 0.05) is 43.1 Å². The van der Waals surface area contributed by atoms with E-state index in [2.05, 4.69) is 30.8 Å². The third-order valence-corrected chi connectivity index (χ3v) is 14.7. The van der Waals surface area contributed by atoms with Crippen LogP contribution < -0.4 is 16.8 Å². The van der Waals surface area contributed by atoms with Crippen molar-refractivity contribution in [3.05, 3.63) is 66.0 Å². The van der Waals surface area contributed by atoms with Crippen LogP contribution in [0.1, 0.15) is 132 Å². The van der Waals surface area contributed by atoms with E-state index in [1.165, 1.54) is 21.5 Å². The largest absolute Gasteiger partial charge is 0.382 e. The van der Waals surface area contributed by atoms with Crippen LogP contribution in [0.5, 0.6) is 0 Å². The molecule has 1 aliphatic heterocycles. The third-order valence-electron chi connectivity index (χ3n) is 10.9. The Labute approximate surface area is 391 Å². The first-order valence-corrected chi connectivity index (χ1v) is 25.9. The quantitative estimate of drug-likeness (QED) is 0.0673. The van der Waals surface area contributed by atoms with E-state index in [0.717, 1.165) is 51.4 Å². The van der Waals surface area contributed by atoms with E-state index in [9.17, 15) is 16.8 Å². The standard InChI is InChI=1S/C46H70N14O4S2/c1-11-15-25-57(26-16-12-2)65(61,62)35-23-19-21-33(29-35)51-53-39-41(45(5,6)7)55-59(43(39)47)37-31-38(50-32-49-37)60-44(48)40(42(56-60)46(8,9)10)54-52-34-22-20-24-36(30-34)66(63,64)58(27-17-13-3)28-18-14-4/h19-24,29-31,49H,11-18,25-28,32,47-48H2,1-10H3. The molecular weight excluding hydrogens is 877 g/mol. The number of nitrogen functional groups attached to an aromatic ring is 2. The zero-order valence-electron chi connectivity index (χ0n) is 40.4. The van der Waals surface area contributed by atoms with E-state index in [-0.39, 0.29) is 28.1 Å². The number of nitrogens with two attached hydrogens (primary N) is 2. The lowest BCUT2D eigenvalue weighted by molar-refractivity contribution is 0.395. The van der Waals surface area contributed by atoms with Crippen molar-refractivity contribution in [2.75, 3.05) is 44.3 Å². The summed E-state index contributed by atoms with van der Waals surface area (Å²) >= 11 is 0. The van der Waals surface area contributed by atoms with E-state index in [4.69, 9.17) is 21.7 Å². The zero-order valence-corrected chi connectivity index (χ0v) is 42.0. The lowest BCUT2D eigenvalue weighted by Gasteiger charge is -2.22. The van der Waals surface area contributed by atoms with Gasteiger partial charge in [-0.05, 0) is 62.1 Å². The average Bonchev–Trinajstić information content (AvgIpc) is 3.81. The van der Waals surface area contributed by atoms with Crippen molar-refractivity contribution in [2.24, 2.45) is 25.4 Å². The molecule has 2 aromatic carbocycles. The van der Waals surface area contributed by atoms with Crippen molar-refractivity contribution in [3.63, 3.8) is 0 Å². The SMILES string of the molecule is CCCCN(CCCC)S(=O)(=O)c1cccc(N=Nc2c(C(C)(C)C)nn(C3=CC(n4nc(C(C)(C)C)c(N=Nc5cccc(S(=O)(=O)N(CCCC)CCCC)c5)c4N)=NCN3)c2N)c1. The molecule has 3 heterocycles. The number of nitrogens with one attached hydrogen (secondary N) is 1. The molecule has 5 N–H and O–H groups in total. The maximum Gasteiger partial charge on any atom is 0.243 e. The first-order valence-electron chi connectivity index (χ1n) is 23.0. The predicted octanol–water partition coefficient (Wildman–Crippen LogP) is 10.2. The molecule has 4 aromatic rings. The topological polar surface area (TPSA) is 236 Å². The molecule has 0 bridgehead atoms. The molecule has 0 atom stereocenters. The van der Waals surface area contributed by atoms with Crippen LogP contribution in [0.4, 0.5) is 34.4 Å². The Bertz CT molecular complexity index is 2640. The number of sulfonamides is 2. The van der Waals surface area contributed by atoms with Crippen LogP contribution in [0, 0.1) is 0 Å². The van der Waals surface area contributed by atoms with Crippen LogP contribution in [-0.4, -0.2) is 83.7 Å². The van der Waals surface area contributed by atoms with E-state index < -0.39 is 30.9 Å². The van der Waals surface area contributed by atoms with E-state index >= 15 is 0 Å².